The molecule has 0 fully saturated rings. The first kappa shape index (κ1) is 17.6. The van der Waals surface area contributed by atoms with E-state index in [-0.39, 0.29) is 4.70 Å². The van der Waals surface area contributed by atoms with Crippen LogP contribution in [0.3, 0.4) is 0 Å². The maximum absolute atomic E-state index is 13.4. The summed E-state index contributed by atoms with van der Waals surface area (Å²) in [5, 5.41) is 1.50. The van der Waals surface area contributed by atoms with E-state index in [2.05, 4.69) is 22.9 Å². The minimum absolute atomic E-state index is 0.288. The van der Waals surface area contributed by atoms with Gasteiger partial charge in [-0.25, -0.2) is 0 Å². The van der Waals surface area contributed by atoms with Crippen molar-refractivity contribution in [3.8, 4) is 0 Å². The molecule has 132 valence electrons. The summed E-state index contributed by atoms with van der Waals surface area (Å²) >= 11 is 3.40. The molecule has 3 aromatic carbocycles. The van der Waals surface area contributed by atoms with Gasteiger partial charge < -0.3 is 0 Å². The van der Waals surface area contributed by atoms with E-state index in [4.69, 9.17) is 0 Å². The van der Waals surface area contributed by atoms with Crippen molar-refractivity contribution >= 4 is 65.7 Å². The van der Waals surface area contributed by atoms with Gasteiger partial charge in [0.1, 0.15) is 0 Å². The Hall–Kier alpha value is -1.80. The van der Waals surface area contributed by atoms with Gasteiger partial charge in [-0.1, -0.05) is 42.0 Å². The SMILES string of the molecule is Cc1ccc(N(I)c2cccc3c2sc2c(C(F)(F)F)cccc23)cc1. The molecule has 0 radical (unpaired) electrons. The summed E-state index contributed by atoms with van der Waals surface area (Å²) in [5.74, 6) is 0. The fraction of sp³-hybridized carbons (Fsp3) is 0.100. The number of aryl methyl sites for hydroxylation is 1. The second-order valence-corrected chi connectivity index (χ2v) is 8.04. The standard InChI is InChI=1S/C20H13F3INS/c1-12-8-10-13(11-9-12)25(24)17-7-3-5-15-14-4-2-6-16(20(21,22)23)18(14)26-19(15)17/h2-11H,1H3. The zero-order valence-electron chi connectivity index (χ0n) is 13.6. The number of fused-ring (bicyclic) bond motifs is 3. The molecule has 1 nitrogen and oxygen atoms in total. The zero-order valence-corrected chi connectivity index (χ0v) is 16.6. The van der Waals surface area contributed by atoms with Crippen molar-refractivity contribution in [2.24, 2.45) is 0 Å². The number of benzene rings is 3. The molecule has 0 saturated carbocycles. The average Bonchev–Trinajstić information content (AvgIpc) is 2.99. The van der Waals surface area contributed by atoms with Gasteiger partial charge >= 0.3 is 6.18 Å². The number of hydrogen-bond acceptors (Lipinski definition) is 2. The lowest BCUT2D eigenvalue weighted by Crippen LogP contribution is -2.04. The summed E-state index contributed by atoms with van der Waals surface area (Å²) in [5.41, 5.74) is 2.46. The first-order chi connectivity index (χ1) is 12.4. The highest BCUT2D eigenvalue weighted by Crippen LogP contribution is 2.46. The number of hydrogen-bond donors (Lipinski definition) is 0. The Labute approximate surface area is 166 Å². The molecule has 0 saturated heterocycles. The molecule has 1 aromatic heterocycles. The van der Waals surface area contributed by atoms with Crippen LogP contribution in [0.2, 0.25) is 0 Å². The van der Waals surface area contributed by atoms with Gasteiger partial charge in [-0.05, 0) is 31.2 Å². The summed E-state index contributed by atoms with van der Waals surface area (Å²) in [4.78, 5) is 0. The molecule has 0 aliphatic carbocycles. The second-order valence-electron chi connectivity index (χ2n) is 6.05. The number of halogens is 4. The van der Waals surface area contributed by atoms with E-state index in [1.807, 2.05) is 52.5 Å². The molecule has 4 aromatic rings. The summed E-state index contributed by atoms with van der Waals surface area (Å²) in [6.07, 6.45) is -4.36. The van der Waals surface area contributed by atoms with E-state index in [1.54, 1.807) is 6.07 Å². The van der Waals surface area contributed by atoms with E-state index >= 15 is 0 Å². The Bertz CT molecular complexity index is 1100. The average molecular weight is 483 g/mol. The van der Waals surface area contributed by atoms with Crippen molar-refractivity contribution in [2.75, 3.05) is 3.11 Å². The minimum atomic E-state index is -4.36. The van der Waals surface area contributed by atoms with Gasteiger partial charge in [-0.3, -0.25) is 3.11 Å². The number of anilines is 2. The lowest BCUT2D eigenvalue weighted by atomic mass is 10.1. The summed E-state index contributed by atoms with van der Waals surface area (Å²) in [6.45, 7) is 2.02. The van der Waals surface area contributed by atoms with Crippen molar-refractivity contribution in [2.45, 2.75) is 13.1 Å². The Morgan fingerprint density at radius 3 is 2.12 bits per heavy atom. The monoisotopic (exact) mass is 483 g/mol. The van der Waals surface area contributed by atoms with Gasteiger partial charge in [0.05, 0.1) is 44.5 Å². The first-order valence-corrected chi connectivity index (χ1v) is 9.68. The van der Waals surface area contributed by atoms with Crippen LogP contribution in [0.4, 0.5) is 24.5 Å². The third kappa shape index (κ3) is 2.95. The normalized spacial score (nSPS) is 12.0. The molecule has 0 amide bonds. The van der Waals surface area contributed by atoms with Crippen molar-refractivity contribution in [1.29, 1.82) is 0 Å². The molecule has 0 spiro atoms. The van der Waals surface area contributed by atoms with E-state index < -0.39 is 11.7 Å². The van der Waals surface area contributed by atoms with Crippen LogP contribution < -0.4 is 3.11 Å². The van der Waals surface area contributed by atoms with Crippen LogP contribution in [0.15, 0.2) is 60.7 Å². The topological polar surface area (TPSA) is 3.24 Å². The number of nitrogens with zero attached hydrogens (tertiary/aromatic N) is 1. The fourth-order valence-electron chi connectivity index (χ4n) is 3.00. The molecule has 0 atom stereocenters. The summed E-state index contributed by atoms with van der Waals surface area (Å²) < 4.78 is 43.3. The van der Waals surface area contributed by atoms with E-state index in [0.717, 1.165) is 33.1 Å². The van der Waals surface area contributed by atoms with Crippen LogP contribution in [0.1, 0.15) is 11.1 Å². The third-order valence-corrected chi connectivity index (χ3v) is 6.64. The van der Waals surface area contributed by atoms with Gasteiger partial charge in [-0.15, -0.1) is 11.3 Å². The Morgan fingerprint density at radius 2 is 1.46 bits per heavy atom. The number of alkyl halides is 3. The molecule has 0 unspecified atom stereocenters. The van der Waals surface area contributed by atoms with Crippen molar-refractivity contribution in [3.05, 3.63) is 71.8 Å². The summed E-state index contributed by atoms with van der Waals surface area (Å²) in [7, 11) is 0. The zero-order chi connectivity index (χ0) is 18.5. The highest BCUT2D eigenvalue weighted by molar-refractivity contribution is 14.1. The predicted molar refractivity (Wildman–Crippen MR) is 112 cm³/mol. The van der Waals surface area contributed by atoms with Crippen LogP contribution in [0.5, 0.6) is 0 Å². The van der Waals surface area contributed by atoms with E-state index in [9.17, 15) is 13.2 Å². The fourth-order valence-corrected chi connectivity index (χ4v) is 5.22. The number of thiophene rings is 1. The van der Waals surface area contributed by atoms with Crippen molar-refractivity contribution in [3.63, 3.8) is 0 Å². The van der Waals surface area contributed by atoms with Gasteiger partial charge in [0, 0.05) is 15.5 Å². The maximum atomic E-state index is 13.4. The Balaban J connectivity index is 1.96. The number of rotatable bonds is 2. The van der Waals surface area contributed by atoms with Gasteiger partial charge in [-0.2, -0.15) is 13.2 Å². The molecule has 0 bridgehead atoms. The highest BCUT2D eigenvalue weighted by atomic mass is 127. The van der Waals surface area contributed by atoms with Crippen LogP contribution in [-0.2, 0) is 6.18 Å². The van der Waals surface area contributed by atoms with Crippen LogP contribution in [0.25, 0.3) is 20.2 Å². The molecule has 6 heteroatoms. The molecule has 0 aliphatic heterocycles. The Kier molecular flexibility index (Phi) is 4.35. The van der Waals surface area contributed by atoms with Crippen LogP contribution >= 0.6 is 34.2 Å². The smallest absolute Gasteiger partial charge is 0.282 e. The molecule has 0 aliphatic rings. The molecule has 0 N–H and O–H groups in total. The third-order valence-electron chi connectivity index (χ3n) is 4.28. The predicted octanol–water partition coefficient (Wildman–Crippen LogP) is 7.87. The van der Waals surface area contributed by atoms with Gasteiger partial charge in [0.25, 0.3) is 0 Å². The van der Waals surface area contributed by atoms with Crippen LogP contribution in [0, 0.1) is 6.92 Å². The molecule has 4 rings (SSSR count). The lowest BCUT2D eigenvalue weighted by molar-refractivity contribution is -0.136. The highest BCUT2D eigenvalue weighted by Gasteiger charge is 2.33. The van der Waals surface area contributed by atoms with E-state index in [1.165, 1.54) is 17.4 Å². The molecule has 1 heterocycles. The van der Waals surface area contributed by atoms with Crippen LogP contribution in [-0.4, -0.2) is 0 Å². The van der Waals surface area contributed by atoms with Gasteiger partial charge in [0.15, 0.2) is 0 Å². The van der Waals surface area contributed by atoms with Gasteiger partial charge in [0.2, 0.25) is 0 Å². The maximum Gasteiger partial charge on any atom is 0.417 e. The lowest BCUT2D eigenvalue weighted by Gasteiger charge is -2.17. The minimum Gasteiger partial charge on any atom is -0.282 e. The molecular formula is C20H13F3INS. The quantitative estimate of drug-likeness (QED) is 0.207. The van der Waals surface area contributed by atoms with E-state index in [0.29, 0.717) is 5.39 Å². The summed E-state index contributed by atoms with van der Waals surface area (Å²) in [6, 6.07) is 18.2. The van der Waals surface area contributed by atoms with Crippen molar-refractivity contribution in [1.82, 2.24) is 0 Å². The second kappa shape index (κ2) is 6.42. The molecular weight excluding hydrogens is 470 g/mol. The van der Waals surface area contributed by atoms with Crippen molar-refractivity contribution < 1.29 is 13.2 Å². The largest absolute Gasteiger partial charge is 0.417 e. The Morgan fingerprint density at radius 1 is 0.846 bits per heavy atom. The molecule has 26 heavy (non-hydrogen) atoms. The first-order valence-electron chi connectivity index (χ1n) is 7.90.